The van der Waals surface area contributed by atoms with Gasteiger partial charge in [-0.05, 0) is 73.6 Å². The van der Waals surface area contributed by atoms with Gasteiger partial charge in [0.25, 0.3) is 5.56 Å². The van der Waals surface area contributed by atoms with Crippen molar-refractivity contribution in [3.8, 4) is 22.5 Å². The van der Waals surface area contributed by atoms with Crippen LogP contribution in [0.1, 0.15) is 92.1 Å². The zero-order valence-corrected chi connectivity index (χ0v) is 27.6. The third-order valence-corrected chi connectivity index (χ3v) is 9.05. The molecule has 0 bridgehead atoms. The second kappa shape index (κ2) is 14.6. The highest BCUT2D eigenvalue weighted by Crippen LogP contribution is 2.33. The van der Waals surface area contributed by atoms with E-state index in [2.05, 4.69) is 68.7 Å². The molecule has 0 spiro atoms. The molecule has 2 N–H and O–H groups in total. The van der Waals surface area contributed by atoms with Gasteiger partial charge in [-0.25, -0.2) is 9.48 Å². The van der Waals surface area contributed by atoms with Gasteiger partial charge in [0.2, 0.25) is 11.7 Å². The van der Waals surface area contributed by atoms with Gasteiger partial charge in [-0.2, -0.15) is 5.21 Å². The van der Waals surface area contributed by atoms with Crippen molar-refractivity contribution >= 4 is 17.6 Å². The second-order valence-electron chi connectivity index (χ2n) is 12.2. The van der Waals surface area contributed by atoms with Crippen LogP contribution in [0.25, 0.3) is 22.5 Å². The number of aromatic amines is 1. The number of H-pyrrole nitrogens is 1. The van der Waals surface area contributed by atoms with Crippen molar-refractivity contribution in [1.29, 1.82) is 0 Å². The first kappa shape index (κ1) is 32.6. The normalized spacial score (nSPS) is 15.6. The molecule has 0 aliphatic carbocycles. The van der Waals surface area contributed by atoms with Crippen LogP contribution in [0.5, 0.6) is 0 Å². The van der Waals surface area contributed by atoms with Crippen LogP contribution in [0.15, 0.2) is 77.6 Å². The van der Waals surface area contributed by atoms with Gasteiger partial charge in [-0.3, -0.25) is 14.3 Å². The lowest BCUT2D eigenvalue weighted by atomic mass is 9.96. The minimum absolute atomic E-state index is 0.0583. The summed E-state index contributed by atoms with van der Waals surface area (Å²) in [4.78, 5) is 40.9. The average molecular weight is 648 g/mol. The molecule has 0 radical (unpaired) electrons. The molecule has 5 aromatic rings. The SMILES string of the molecule is CCCCCc1c(Cc2ccc(-c3ccccc3-c3nn[nH]n3)cc2)c(=O)n2n1C(C)CCC2C(=O)Nc1ccccc1C(=O)OCC. The van der Waals surface area contributed by atoms with E-state index >= 15 is 0 Å². The van der Waals surface area contributed by atoms with E-state index in [0.29, 0.717) is 24.4 Å². The number of anilines is 1. The van der Waals surface area contributed by atoms with E-state index in [1.165, 1.54) is 0 Å². The molecule has 2 unspecified atom stereocenters. The third-order valence-electron chi connectivity index (χ3n) is 9.05. The van der Waals surface area contributed by atoms with E-state index in [9.17, 15) is 14.4 Å². The number of aromatic nitrogens is 6. The Bertz CT molecular complexity index is 1940. The summed E-state index contributed by atoms with van der Waals surface area (Å²) < 4.78 is 8.95. The van der Waals surface area contributed by atoms with Crippen LogP contribution in [0, 0.1) is 0 Å². The van der Waals surface area contributed by atoms with Crippen LogP contribution in [0.3, 0.4) is 0 Å². The number of carbonyl (C=O) groups is 2. The number of amides is 1. The predicted octanol–water partition coefficient (Wildman–Crippen LogP) is 6.53. The van der Waals surface area contributed by atoms with Crippen LogP contribution in [0.4, 0.5) is 5.69 Å². The topological polar surface area (TPSA) is 137 Å². The minimum atomic E-state index is -0.716. The number of esters is 1. The number of hydrogen-bond donors (Lipinski definition) is 2. The summed E-state index contributed by atoms with van der Waals surface area (Å²) in [6.07, 6.45) is 5.54. The molecule has 11 nitrogen and oxygen atoms in total. The molecule has 1 aliphatic heterocycles. The molecule has 1 amide bonds. The Morgan fingerprint density at radius 2 is 1.69 bits per heavy atom. The number of rotatable bonds is 12. The molecule has 3 heterocycles. The van der Waals surface area contributed by atoms with Crippen molar-refractivity contribution in [2.24, 2.45) is 0 Å². The monoisotopic (exact) mass is 647 g/mol. The summed E-state index contributed by atoms with van der Waals surface area (Å²) in [5.41, 5.74) is 6.10. The summed E-state index contributed by atoms with van der Waals surface area (Å²) in [5, 5.41) is 17.5. The van der Waals surface area contributed by atoms with Gasteiger partial charge < -0.3 is 10.1 Å². The van der Waals surface area contributed by atoms with Crippen molar-refractivity contribution < 1.29 is 14.3 Å². The van der Waals surface area contributed by atoms with Gasteiger partial charge in [-0.15, -0.1) is 10.2 Å². The number of tetrazole rings is 1. The Morgan fingerprint density at radius 1 is 0.938 bits per heavy atom. The average Bonchev–Trinajstić information content (AvgIpc) is 3.74. The van der Waals surface area contributed by atoms with Gasteiger partial charge in [0.15, 0.2) is 0 Å². The second-order valence-corrected chi connectivity index (χ2v) is 12.2. The van der Waals surface area contributed by atoms with Crippen LogP contribution in [0.2, 0.25) is 0 Å². The van der Waals surface area contributed by atoms with Gasteiger partial charge >= 0.3 is 5.97 Å². The quantitative estimate of drug-likeness (QED) is 0.116. The Hall–Kier alpha value is -5.32. The number of nitrogens with one attached hydrogen (secondary N) is 2. The van der Waals surface area contributed by atoms with Crippen molar-refractivity contribution in [3.05, 3.63) is 106 Å². The molecule has 0 fully saturated rings. The summed E-state index contributed by atoms with van der Waals surface area (Å²) in [5.74, 6) is -0.303. The maximum atomic E-state index is 14.4. The number of benzene rings is 3. The molecule has 0 saturated heterocycles. The van der Waals surface area contributed by atoms with E-state index in [1.54, 1.807) is 35.9 Å². The fourth-order valence-corrected chi connectivity index (χ4v) is 6.68. The highest BCUT2D eigenvalue weighted by atomic mass is 16.5. The largest absolute Gasteiger partial charge is 0.462 e. The number of para-hydroxylation sites is 1. The lowest BCUT2D eigenvalue weighted by molar-refractivity contribution is -0.120. The lowest BCUT2D eigenvalue weighted by Gasteiger charge is -2.32. The van der Waals surface area contributed by atoms with Gasteiger partial charge in [0.05, 0.1) is 17.9 Å². The van der Waals surface area contributed by atoms with Crippen molar-refractivity contribution in [2.45, 2.75) is 77.8 Å². The van der Waals surface area contributed by atoms with Gasteiger partial charge in [-0.1, -0.05) is 80.4 Å². The Labute approximate surface area is 279 Å². The lowest BCUT2D eigenvalue weighted by Crippen LogP contribution is -2.40. The van der Waals surface area contributed by atoms with E-state index in [-0.39, 0.29) is 29.7 Å². The summed E-state index contributed by atoms with van der Waals surface area (Å²) >= 11 is 0. The molecule has 2 atom stereocenters. The van der Waals surface area contributed by atoms with E-state index in [4.69, 9.17) is 4.74 Å². The van der Waals surface area contributed by atoms with E-state index < -0.39 is 12.0 Å². The zero-order chi connectivity index (χ0) is 33.6. The fourth-order valence-electron chi connectivity index (χ4n) is 6.68. The summed E-state index contributed by atoms with van der Waals surface area (Å²) in [6.45, 7) is 6.25. The number of nitrogens with zero attached hydrogens (tertiary/aromatic N) is 5. The number of ether oxygens (including phenoxy) is 1. The van der Waals surface area contributed by atoms with Crippen molar-refractivity contribution in [1.82, 2.24) is 30.0 Å². The van der Waals surface area contributed by atoms with Crippen LogP contribution in [-0.2, 0) is 22.4 Å². The van der Waals surface area contributed by atoms with Gasteiger partial charge in [0, 0.05) is 29.3 Å². The van der Waals surface area contributed by atoms with Crippen molar-refractivity contribution in [3.63, 3.8) is 0 Å². The van der Waals surface area contributed by atoms with Crippen molar-refractivity contribution in [2.75, 3.05) is 11.9 Å². The van der Waals surface area contributed by atoms with E-state index in [1.807, 2.05) is 24.3 Å². The van der Waals surface area contributed by atoms with Crippen LogP contribution < -0.4 is 10.9 Å². The number of hydrogen-bond acceptors (Lipinski definition) is 7. The molecule has 48 heavy (non-hydrogen) atoms. The Balaban J connectivity index is 1.33. The molecule has 3 aromatic carbocycles. The van der Waals surface area contributed by atoms with Gasteiger partial charge in [0.1, 0.15) is 6.04 Å². The highest BCUT2D eigenvalue weighted by molar-refractivity contribution is 6.02. The van der Waals surface area contributed by atoms with Crippen LogP contribution >= 0.6 is 0 Å². The number of fused-ring (bicyclic) bond motifs is 1. The first-order valence-electron chi connectivity index (χ1n) is 16.7. The standard InChI is InChI=1S/C37H41N7O4/c1-4-6-7-16-32-30(23-25-18-20-26(21-19-25)27-12-8-9-13-28(27)34-39-41-42-40-34)36(46)44-33(22-17-24(3)43(32)44)35(45)38-31-15-11-10-14-29(31)37(47)48-5-2/h8-15,18-21,24,33H,4-7,16-17,22-23H2,1-3H3,(H,38,45)(H,39,40,41,42). The zero-order valence-electron chi connectivity index (χ0n) is 27.6. The molecule has 2 aromatic heterocycles. The summed E-state index contributed by atoms with van der Waals surface area (Å²) in [7, 11) is 0. The fraction of sp³-hybridized carbons (Fsp3) is 0.351. The first-order valence-corrected chi connectivity index (χ1v) is 16.7. The first-order chi connectivity index (χ1) is 23.4. The molecule has 248 valence electrons. The molecular formula is C37H41N7O4. The minimum Gasteiger partial charge on any atom is -0.462 e. The molecule has 0 saturated carbocycles. The maximum Gasteiger partial charge on any atom is 0.340 e. The summed E-state index contributed by atoms with van der Waals surface area (Å²) in [6, 6.07) is 22.3. The third kappa shape index (κ3) is 6.58. The maximum absolute atomic E-state index is 14.4. The molecular weight excluding hydrogens is 606 g/mol. The smallest absolute Gasteiger partial charge is 0.340 e. The number of unbranched alkanes of at least 4 members (excludes halogenated alkanes) is 2. The van der Waals surface area contributed by atoms with Crippen LogP contribution in [-0.4, -0.2) is 48.5 Å². The molecule has 1 aliphatic rings. The molecule has 11 heteroatoms. The Kier molecular flexibility index (Phi) is 9.94. The highest BCUT2D eigenvalue weighted by Gasteiger charge is 2.35. The molecule has 6 rings (SSSR count). The predicted molar refractivity (Wildman–Crippen MR) is 184 cm³/mol. The number of carbonyl (C=O) groups excluding carboxylic acids is 2. The van der Waals surface area contributed by atoms with E-state index in [0.717, 1.165) is 65.6 Å². The Morgan fingerprint density at radius 3 is 2.42 bits per heavy atom.